The zero-order valence-electron chi connectivity index (χ0n) is 13.9. The van der Waals surface area contributed by atoms with E-state index in [4.69, 9.17) is 27.6 Å². The highest BCUT2D eigenvalue weighted by molar-refractivity contribution is 7.16. The summed E-state index contributed by atoms with van der Waals surface area (Å²) < 4.78 is 5.25. The van der Waals surface area contributed by atoms with Gasteiger partial charge in [-0.05, 0) is 43.0 Å². The number of carbonyl (C=O) groups is 1. The highest BCUT2D eigenvalue weighted by atomic mass is 35.5. The van der Waals surface area contributed by atoms with E-state index in [9.17, 15) is 9.59 Å². The lowest BCUT2D eigenvalue weighted by Crippen LogP contribution is -2.26. The molecule has 2 aromatic heterocycles. The van der Waals surface area contributed by atoms with Crippen LogP contribution in [-0.4, -0.2) is 10.9 Å². The molecule has 1 N–H and O–H groups in total. The molecule has 1 atom stereocenters. The summed E-state index contributed by atoms with van der Waals surface area (Å²) in [5.41, 5.74) is 0.927. The Morgan fingerprint density at radius 1 is 1.35 bits per heavy atom. The number of amides is 1. The fourth-order valence-electron chi connectivity index (χ4n) is 2.37. The van der Waals surface area contributed by atoms with Gasteiger partial charge in [-0.1, -0.05) is 29.3 Å². The normalized spacial score (nSPS) is 12.6. The van der Waals surface area contributed by atoms with Crippen molar-refractivity contribution in [1.82, 2.24) is 10.3 Å². The van der Waals surface area contributed by atoms with Crippen LogP contribution in [0.4, 0.5) is 0 Å². The van der Waals surface area contributed by atoms with Crippen LogP contribution in [0, 0.1) is 6.92 Å². The molecule has 8 heteroatoms. The fraction of sp³-hybridized carbons (Fsp3) is 0.167. The van der Waals surface area contributed by atoms with Gasteiger partial charge in [0.1, 0.15) is 10.9 Å². The number of hydrogen-bond acceptors (Lipinski definition) is 5. The van der Waals surface area contributed by atoms with E-state index in [1.807, 2.05) is 12.3 Å². The van der Waals surface area contributed by atoms with Gasteiger partial charge in [-0.25, -0.2) is 9.78 Å². The van der Waals surface area contributed by atoms with Crippen molar-refractivity contribution in [1.29, 1.82) is 0 Å². The average molecular weight is 409 g/mol. The number of nitrogens with zero attached hydrogens (tertiary/aromatic N) is 1. The fourth-order valence-corrected chi connectivity index (χ4v) is 3.80. The second-order valence-corrected chi connectivity index (χ2v) is 7.31. The standard InChI is InChI=1S/C18H14Cl2N2O3S/c1-9-8-26-17-15(9)18(24)25-16(22-17)10(2)21-14(23)7-6-11-12(19)4-3-5-13(11)20/h3-8,10H,1-2H3,(H,21,23)/b7-6+. The van der Waals surface area contributed by atoms with Crippen LogP contribution in [0.25, 0.3) is 16.3 Å². The molecule has 0 saturated heterocycles. The molecular weight excluding hydrogens is 395 g/mol. The van der Waals surface area contributed by atoms with E-state index in [1.165, 1.54) is 23.5 Å². The molecule has 0 aliphatic rings. The molecule has 1 unspecified atom stereocenters. The molecule has 3 aromatic rings. The van der Waals surface area contributed by atoms with Gasteiger partial charge < -0.3 is 9.73 Å². The number of nitrogens with one attached hydrogen (secondary N) is 1. The molecule has 0 spiro atoms. The Bertz CT molecular complexity index is 1050. The van der Waals surface area contributed by atoms with Crippen LogP contribution in [0.15, 0.2) is 38.9 Å². The summed E-state index contributed by atoms with van der Waals surface area (Å²) in [5.74, 6) is -0.234. The quantitative estimate of drug-likeness (QED) is 0.631. The summed E-state index contributed by atoms with van der Waals surface area (Å²) in [6, 6.07) is 4.52. The third kappa shape index (κ3) is 3.82. The lowest BCUT2D eigenvalue weighted by atomic mass is 10.2. The van der Waals surface area contributed by atoms with E-state index < -0.39 is 11.7 Å². The molecule has 5 nitrogen and oxygen atoms in total. The van der Waals surface area contributed by atoms with E-state index in [0.717, 1.165) is 5.56 Å². The first-order valence-electron chi connectivity index (χ1n) is 7.68. The molecule has 0 saturated carbocycles. The summed E-state index contributed by atoms with van der Waals surface area (Å²) in [6.45, 7) is 3.51. The number of aromatic nitrogens is 1. The van der Waals surface area contributed by atoms with Crippen molar-refractivity contribution in [3.8, 4) is 0 Å². The van der Waals surface area contributed by atoms with Crippen molar-refractivity contribution in [3.05, 3.63) is 67.1 Å². The summed E-state index contributed by atoms with van der Waals surface area (Å²) in [4.78, 5) is 29.2. The van der Waals surface area contributed by atoms with Crippen LogP contribution in [0.3, 0.4) is 0 Å². The van der Waals surface area contributed by atoms with E-state index in [1.54, 1.807) is 25.1 Å². The van der Waals surface area contributed by atoms with E-state index in [-0.39, 0.29) is 11.8 Å². The Morgan fingerprint density at radius 3 is 2.73 bits per heavy atom. The van der Waals surface area contributed by atoms with E-state index in [0.29, 0.717) is 25.8 Å². The maximum Gasteiger partial charge on any atom is 0.348 e. The van der Waals surface area contributed by atoms with Crippen LogP contribution >= 0.6 is 34.5 Å². The second kappa shape index (κ2) is 7.61. The zero-order chi connectivity index (χ0) is 18.8. The molecule has 26 heavy (non-hydrogen) atoms. The number of rotatable bonds is 4. The second-order valence-electron chi connectivity index (χ2n) is 5.64. The molecule has 0 aliphatic carbocycles. The monoisotopic (exact) mass is 408 g/mol. The first-order chi connectivity index (χ1) is 12.4. The first kappa shape index (κ1) is 18.6. The number of benzene rings is 1. The Balaban J connectivity index is 1.77. The predicted molar refractivity (Wildman–Crippen MR) is 105 cm³/mol. The Kier molecular flexibility index (Phi) is 5.46. The average Bonchev–Trinajstić information content (AvgIpc) is 2.96. The van der Waals surface area contributed by atoms with Crippen molar-refractivity contribution in [2.45, 2.75) is 19.9 Å². The van der Waals surface area contributed by atoms with Crippen molar-refractivity contribution in [2.75, 3.05) is 0 Å². The number of hydrogen-bond donors (Lipinski definition) is 1. The van der Waals surface area contributed by atoms with Crippen molar-refractivity contribution >= 4 is 56.7 Å². The van der Waals surface area contributed by atoms with Gasteiger partial charge in [0, 0.05) is 21.7 Å². The first-order valence-corrected chi connectivity index (χ1v) is 9.32. The van der Waals surface area contributed by atoms with E-state index >= 15 is 0 Å². The number of aryl methyl sites for hydroxylation is 1. The minimum Gasteiger partial charge on any atom is -0.406 e. The molecule has 0 aliphatic heterocycles. The topological polar surface area (TPSA) is 72.2 Å². The highest BCUT2D eigenvalue weighted by Crippen LogP contribution is 2.25. The highest BCUT2D eigenvalue weighted by Gasteiger charge is 2.16. The lowest BCUT2D eigenvalue weighted by Gasteiger charge is -2.10. The summed E-state index contributed by atoms with van der Waals surface area (Å²) in [6.07, 6.45) is 2.84. The van der Waals surface area contributed by atoms with Gasteiger partial charge in [-0.3, -0.25) is 4.79 Å². The number of fused-ring (bicyclic) bond motifs is 1. The number of thiophene rings is 1. The predicted octanol–water partition coefficient (Wildman–Crippen LogP) is 4.76. The van der Waals surface area contributed by atoms with Crippen molar-refractivity contribution < 1.29 is 9.21 Å². The van der Waals surface area contributed by atoms with E-state index in [2.05, 4.69) is 10.3 Å². The minimum atomic E-state index is -0.576. The SMILES string of the molecule is Cc1csc2nc(C(C)NC(=O)/C=C/c3c(Cl)cccc3Cl)oc(=O)c12. The molecule has 1 aromatic carbocycles. The maximum atomic E-state index is 12.1. The van der Waals surface area contributed by atoms with Gasteiger partial charge >= 0.3 is 5.63 Å². The zero-order valence-corrected chi connectivity index (χ0v) is 16.2. The van der Waals surface area contributed by atoms with Crippen LogP contribution in [-0.2, 0) is 4.79 Å². The summed E-state index contributed by atoms with van der Waals surface area (Å²) in [7, 11) is 0. The van der Waals surface area contributed by atoms with Gasteiger partial charge in [-0.15, -0.1) is 11.3 Å². The van der Waals surface area contributed by atoms with Gasteiger partial charge in [0.25, 0.3) is 0 Å². The molecule has 1 amide bonds. The van der Waals surface area contributed by atoms with Crippen molar-refractivity contribution in [2.24, 2.45) is 0 Å². The van der Waals surface area contributed by atoms with Crippen LogP contribution in [0.1, 0.15) is 30.0 Å². The number of halogens is 2. The summed E-state index contributed by atoms with van der Waals surface area (Å²) in [5, 5.41) is 5.91. The van der Waals surface area contributed by atoms with Gasteiger partial charge in [-0.2, -0.15) is 0 Å². The van der Waals surface area contributed by atoms with Gasteiger partial charge in [0.2, 0.25) is 11.8 Å². The summed E-state index contributed by atoms with van der Waals surface area (Å²) >= 11 is 13.5. The Morgan fingerprint density at radius 2 is 2.04 bits per heavy atom. The Hall–Kier alpha value is -2.15. The van der Waals surface area contributed by atoms with Gasteiger partial charge in [0.15, 0.2) is 0 Å². The van der Waals surface area contributed by atoms with Crippen LogP contribution < -0.4 is 10.9 Å². The third-order valence-electron chi connectivity index (χ3n) is 3.70. The minimum absolute atomic E-state index is 0.155. The maximum absolute atomic E-state index is 12.1. The molecule has 0 fully saturated rings. The molecular formula is C18H14Cl2N2O3S. The third-order valence-corrected chi connectivity index (χ3v) is 5.35. The molecule has 0 radical (unpaired) electrons. The van der Waals surface area contributed by atoms with Gasteiger partial charge in [0.05, 0.1) is 5.39 Å². The molecule has 134 valence electrons. The smallest absolute Gasteiger partial charge is 0.348 e. The largest absolute Gasteiger partial charge is 0.406 e. The molecule has 0 bridgehead atoms. The number of carbonyl (C=O) groups excluding carboxylic acids is 1. The Labute approximate surface area is 163 Å². The van der Waals surface area contributed by atoms with Crippen LogP contribution in [0.5, 0.6) is 0 Å². The molecule has 3 rings (SSSR count). The molecule has 2 heterocycles. The van der Waals surface area contributed by atoms with Crippen LogP contribution in [0.2, 0.25) is 10.0 Å². The lowest BCUT2D eigenvalue weighted by molar-refractivity contribution is -0.117. The van der Waals surface area contributed by atoms with Crippen molar-refractivity contribution in [3.63, 3.8) is 0 Å².